The summed E-state index contributed by atoms with van der Waals surface area (Å²) in [4.78, 5) is 10.6. The van der Waals surface area contributed by atoms with E-state index in [0.717, 1.165) is 10.5 Å². The van der Waals surface area contributed by atoms with Gasteiger partial charge < -0.3 is 10.8 Å². The number of aliphatic carboxylic acids is 1. The van der Waals surface area contributed by atoms with E-state index in [-0.39, 0.29) is 0 Å². The van der Waals surface area contributed by atoms with E-state index in [4.69, 9.17) is 10.8 Å². The van der Waals surface area contributed by atoms with Crippen LogP contribution in [-0.4, -0.2) is 15.9 Å². The van der Waals surface area contributed by atoms with Crippen LogP contribution in [0.4, 0.5) is 0 Å². The number of hydrogen-bond acceptors (Lipinski definition) is 3. The molecule has 3 N–H and O–H groups in total. The van der Waals surface area contributed by atoms with Crippen LogP contribution in [0.25, 0.3) is 0 Å². The fourth-order valence-corrected chi connectivity index (χ4v) is 2.20. The molecule has 11 heavy (non-hydrogen) atoms. The Morgan fingerprint density at radius 3 is 2.45 bits per heavy atom. The highest BCUT2D eigenvalue weighted by atomic mass is 32.2. The zero-order valence-corrected chi connectivity index (χ0v) is 7.36. The second-order valence-corrected chi connectivity index (χ2v) is 4.35. The Balaban J connectivity index is 2.80. The summed E-state index contributed by atoms with van der Waals surface area (Å²) < 4.78 is 0. The number of nitrogens with two attached hydrogens (primary N) is 1. The smallest absolute Gasteiger partial charge is 0.334 e. The third-order valence-electron chi connectivity index (χ3n) is 1.83. The molecule has 0 spiro atoms. The standard InChI is InChI=1S/C7H11NO2S/c1-4-3-7(8,6(9)10)11-5(4)2/h3,8H2,1-2H3,(H,9,10). The van der Waals surface area contributed by atoms with Crippen LogP contribution in [0.2, 0.25) is 0 Å². The molecule has 0 aromatic heterocycles. The largest absolute Gasteiger partial charge is 0.479 e. The second kappa shape index (κ2) is 2.53. The Morgan fingerprint density at radius 2 is 2.27 bits per heavy atom. The molecule has 1 unspecified atom stereocenters. The van der Waals surface area contributed by atoms with Crippen molar-refractivity contribution in [3.05, 3.63) is 10.5 Å². The summed E-state index contributed by atoms with van der Waals surface area (Å²) >= 11 is 1.24. The highest BCUT2D eigenvalue weighted by Gasteiger charge is 2.40. The van der Waals surface area contributed by atoms with Gasteiger partial charge in [0.1, 0.15) is 0 Å². The lowest BCUT2D eigenvalue weighted by Gasteiger charge is -2.16. The molecule has 0 amide bonds. The molecule has 3 nitrogen and oxygen atoms in total. The van der Waals surface area contributed by atoms with Crippen LogP contribution in [0.5, 0.6) is 0 Å². The number of thioether (sulfide) groups is 1. The van der Waals surface area contributed by atoms with Crippen LogP contribution < -0.4 is 5.73 Å². The average molecular weight is 173 g/mol. The van der Waals surface area contributed by atoms with E-state index in [2.05, 4.69) is 0 Å². The van der Waals surface area contributed by atoms with Crippen molar-refractivity contribution in [3.63, 3.8) is 0 Å². The zero-order chi connectivity index (χ0) is 8.65. The molecule has 1 atom stereocenters. The molecule has 1 aliphatic rings. The van der Waals surface area contributed by atoms with Crippen molar-refractivity contribution in [3.8, 4) is 0 Å². The minimum absolute atomic E-state index is 0.457. The molecule has 1 heterocycles. The first-order chi connectivity index (χ1) is 4.96. The van der Waals surface area contributed by atoms with Gasteiger partial charge in [0.15, 0.2) is 4.87 Å². The number of carboxylic acids is 1. The molecule has 4 heteroatoms. The van der Waals surface area contributed by atoms with Crippen LogP contribution >= 0.6 is 11.8 Å². The lowest BCUT2D eigenvalue weighted by Crippen LogP contribution is -2.42. The third kappa shape index (κ3) is 1.41. The molecule has 0 bridgehead atoms. The fraction of sp³-hybridized carbons (Fsp3) is 0.571. The first kappa shape index (κ1) is 8.62. The van der Waals surface area contributed by atoms with Gasteiger partial charge in [-0.25, -0.2) is 4.79 Å². The maximum Gasteiger partial charge on any atom is 0.334 e. The van der Waals surface area contributed by atoms with Crippen LogP contribution in [0, 0.1) is 0 Å². The van der Waals surface area contributed by atoms with Gasteiger partial charge in [-0.3, -0.25) is 0 Å². The van der Waals surface area contributed by atoms with Gasteiger partial charge in [0.25, 0.3) is 0 Å². The Labute approximate surface area is 69.7 Å². The van der Waals surface area contributed by atoms with Crippen molar-refractivity contribution in [2.24, 2.45) is 5.73 Å². The van der Waals surface area contributed by atoms with E-state index in [1.165, 1.54) is 11.8 Å². The summed E-state index contributed by atoms with van der Waals surface area (Å²) in [6.07, 6.45) is 0.457. The summed E-state index contributed by atoms with van der Waals surface area (Å²) in [5, 5.41) is 8.74. The zero-order valence-electron chi connectivity index (χ0n) is 6.55. The van der Waals surface area contributed by atoms with Gasteiger partial charge in [0.05, 0.1) is 0 Å². The molecular weight excluding hydrogens is 162 g/mol. The molecule has 0 radical (unpaired) electrons. The molecule has 0 saturated carbocycles. The number of carbonyl (C=O) groups is 1. The van der Waals surface area contributed by atoms with Gasteiger partial charge >= 0.3 is 5.97 Å². The Morgan fingerprint density at radius 1 is 1.73 bits per heavy atom. The summed E-state index contributed by atoms with van der Waals surface area (Å²) in [5.74, 6) is -0.932. The summed E-state index contributed by atoms with van der Waals surface area (Å²) in [6.45, 7) is 3.82. The monoisotopic (exact) mass is 173 g/mol. The van der Waals surface area contributed by atoms with Gasteiger partial charge in [-0.05, 0) is 18.8 Å². The van der Waals surface area contributed by atoms with E-state index in [1.807, 2.05) is 13.8 Å². The average Bonchev–Trinajstić information content (AvgIpc) is 2.09. The van der Waals surface area contributed by atoms with Crippen LogP contribution in [0.3, 0.4) is 0 Å². The van der Waals surface area contributed by atoms with Gasteiger partial charge in [0.2, 0.25) is 0 Å². The Bertz CT molecular complexity index is 221. The van der Waals surface area contributed by atoms with Gasteiger partial charge in [-0.1, -0.05) is 17.3 Å². The number of hydrogen-bond donors (Lipinski definition) is 2. The van der Waals surface area contributed by atoms with Gasteiger partial charge in [-0.2, -0.15) is 0 Å². The van der Waals surface area contributed by atoms with Gasteiger partial charge in [-0.15, -0.1) is 0 Å². The quantitative estimate of drug-likeness (QED) is 0.624. The number of rotatable bonds is 1. The van der Waals surface area contributed by atoms with E-state index >= 15 is 0 Å². The van der Waals surface area contributed by atoms with Crippen molar-refractivity contribution >= 4 is 17.7 Å². The molecule has 1 rings (SSSR count). The topological polar surface area (TPSA) is 63.3 Å². The van der Waals surface area contributed by atoms with E-state index in [0.29, 0.717) is 6.42 Å². The maximum atomic E-state index is 10.6. The molecule has 62 valence electrons. The Hall–Kier alpha value is -0.480. The van der Waals surface area contributed by atoms with Crippen molar-refractivity contribution in [1.29, 1.82) is 0 Å². The molecule has 0 aliphatic carbocycles. The highest BCUT2D eigenvalue weighted by Crippen LogP contribution is 2.42. The van der Waals surface area contributed by atoms with Crippen LogP contribution in [-0.2, 0) is 4.79 Å². The molecule has 1 aliphatic heterocycles. The molecule has 0 aromatic carbocycles. The first-order valence-electron chi connectivity index (χ1n) is 3.33. The Kier molecular flexibility index (Phi) is 1.98. The molecule has 0 saturated heterocycles. The third-order valence-corrected chi connectivity index (χ3v) is 3.16. The van der Waals surface area contributed by atoms with E-state index < -0.39 is 10.8 Å². The minimum atomic E-state index is -1.10. The maximum absolute atomic E-state index is 10.6. The van der Waals surface area contributed by atoms with Crippen LogP contribution in [0.15, 0.2) is 10.5 Å². The summed E-state index contributed by atoms with van der Waals surface area (Å²) in [7, 11) is 0. The molecule has 0 aromatic rings. The predicted molar refractivity (Wildman–Crippen MR) is 45.1 cm³/mol. The minimum Gasteiger partial charge on any atom is -0.479 e. The highest BCUT2D eigenvalue weighted by molar-refractivity contribution is 8.05. The predicted octanol–water partition coefficient (Wildman–Crippen LogP) is 1.16. The lowest BCUT2D eigenvalue weighted by molar-refractivity contribution is -0.139. The number of allylic oxidation sites excluding steroid dienone is 1. The SMILES string of the molecule is CC1=C(C)SC(N)(C(=O)O)C1. The summed E-state index contributed by atoms with van der Waals surface area (Å²) in [5.41, 5.74) is 6.69. The lowest BCUT2D eigenvalue weighted by atomic mass is 10.1. The molecular formula is C7H11NO2S. The molecule has 0 fully saturated rings. The van der Waals surface area contributed by atoms with E-state index in [1.54, 1.807) is 0 Å². The van der Waals surface area contributed by atoms with E-state index in [9.17, 15) is 4.79 Å². The normalized spacial score (nSPS) is 31.2. The van der Waals surface area contributed by atoms with Crippen LogP contribution in [0.1, 0.15) is 20.3 Å². The fourth-order valence-electron chi connectivity index (χ4n) is 1.03. The first-order valence-corrected chi connectivity index (χ1v) is 4.15. The van der Waals surface area contributed by atoms with Crippen molar-refractivity contribution in [2.75, 3.05) is 0 Å². The van der Waals surface area contributed by atoms with Crippen molar-refractivity contribution < 1.29 is 9.90 Å². The summed E-state index contributed by atoms with van der Waals surface area (Å²) in [6, 6.07) is 0. The van der Waals surface area contributed by atoms with Gasteiger partial charge in [0, 0.05) is 6.42 Å². The van der Waals surface area contributed by atoms with Crippen molar-refractivity contribution in [2.45, 2.75) is 25.1 Å². The number of carboxylic acid groups (broad SMARTS) is 1. The van der Waals surface area contributed by atoms with Crippen molar-refractivity contribution in [1.82, 2.24) is 0 Å². The second-order valence-electron chi connectivity index (χ2n) is 2.81.